The van der Waals surface area contributed by atoms with Crippen molar-refractivity contribution in [3.63, 3.8) is 0 Å². The topological polar surface area (TPSA) is 48.2 Å². The normalized spacial score (nSPS) is 13.3. The Bertz CT molecular complexity index is 1260. The Labute approximate surface area is 191 Å². The molecule has 5 rings (SSSR count). The first-order valence-corrected chi connectivity index (χ1v) is 10.5. The summed E-state index contributed by atoms with van der Waals surface area (Å²) in [5, 5.41) is 5.29. The Balaban J connectivity index is 0.00000231. The molecule has 1 aliphatic rings. The summed E-state index contributed by atoms with van der Waals surface area (Å²) in [6.07, 6.45) is 2.79. The minimum Gasteiger partial charge on any atom is -0.489 e. The van der Waals surface area contributed by atoms with E-state index < -0.39 is 0 Å². The summed E-state index contributed by atoms with van der Waals surface area (Å²) in [5.74, 6) is 0.551. The predicted molar refractivity (Wildman–Crippen MR) is 127 cm³/mol. The van der Waals surface area contributed by atoms with E-state index in [1.54, 1.807) is 10.8 Å². The van der Waals surface area contributed by atoms with Crippen LogP contribution in [-0.2, 0) is 19.6 Å². The standard InChI is InChI=1S/C24H22ClN3O2.ClH/c25-19-3-1-17(2-4-19)16-30-22-8-11-28(24(29)15-22)20-5-6-23-18(13-20)14-21-7-9-26-10-12-27(21)23;/h1-6,8,11,13-15,26H,7,9-10,12,16H2;1H. The van der Waals surface area contributed by atoms with Crippen LogP contribution in [0.1, 0.15) is 11.3 Å². The van der Waals surface area contributed by atoms with Crippen LogP contribution in [0.5, 0.6) is 5.75 Å². The third-order valence-electron chi connectivity index (χ3n) is 5.53. The lowest BCUT2D eigenvalue weighted by Crippen LogP contribution is -2.17. The number of aromatic nitrogens is 2. The molecule has 3 heterocycles. The Morgan fingerprint density at radius 3 is 2.65 bits per heavy atom. The Morgan fingerprint density at radius 1 is 1.00 bits per heavy atom. The summed E-state index contributed by atoms with van der Waals surface area (Å²) in [4.78, 5) is 12.7. The van der Waals surface area contributed by atoms with Gasteiger partial charge in [-0.05, 0) is 48.0 Å². The van der Waals surface area contributed by atoms with Gasteiger partial charge in [0.05, 0.1) is 0 Å². The van der Waals surface area contributed by atoms with Gasteiger partial charge in [0.15, 0.2) is 0 Å². The number of benzene rings is 2. The minimum absolute atomic E-state index is 0. The lowest BCUT2D eigenvalue weighted by atomic mass is 10.2. The van der Waals surface area contributed by atoms with E-state index in [0.29, 0.717) is 17.4 Å². The van der Waals surface area contributed by atoms with Crippen LogP contribution in [0.4, 0.5) is 0 Å². The van der Waals surface area contributed by atoms with Crippen molar-refractivity contribution in [2.24, 2.45) is 0 Å². The number of hydrogen-bond acceptors (Lipinski definition) is 3. The molecule has 0 radical (unpaired) electrons. The second-order valence-electron chi connectivity index (χ2n) is 7.52. The van der Waals surface area contributed by atoms with Gasteiger partial charge in [0.2, 0.25) is 0 Å². The van der Waals surface area contributed by atoms with Crippen LogP contribution in [-0.4, -0.2) is 22.2 Å². The molecule has 0 saturated heterocycles. The van der Waals surface area contributed by atoms with E-state index in [-0.39, 0.29) is 18.0 Å². The minimum atomic E-state index is -0.118. The third-order valence-corrected chi connectivity index (χ3v) is 5.78. The van der Waals surface area contributed by atoms with Gasteiger partial charge in [-0.25, -0.2) is 0 Å². The van der Waals surface area contributed by atoms with Crippen molar-refractivity contribution < 1.29 is 4.74 Å². The molecule has 2 aromatic heterocycles. The summed E-state index contributed by atoms with van der Waals surface area (Å²) in [6, 6.07) is 19.3. The average molecular weight is 456 g/mol. The van der Waals surface area contributed by atoms with Crippen LogP contribution < -0.4 is 15.6 Å². The Kier molecular flexibility index (Phi) is 6.37. The van der Waals surface area contributed by atoms with Crippen molar-refractivity contribution in [2.75, 3.05) is 13.1 Å². The van der Waals surface area contributed by atoms with E-state index in [0.717, 1.165) is 37.3 Å². The number of fused-ring (bicyclic) bond motifs is 3. The molecule has 4 aromatic rings. The average Bonchev–Trinajstić information content (AvgIpc) is 2.93. The molecular weight excluding hydrogens is 433 g/mol. The fourth-order valence-corrected chi connectivity index (χ4v) is 4.11. The number of ether oxygens (including phenoxy) is 1. The van der Waals surface area contributed by atoms with Crippen LogP contribution in [0.25, 0.3) is 16.6 Å². The quantitative estimate of drug-likeness (QED) is 0.489. The van der Waals surface area contributed by atoms with Gasteiger partial charge in [0.1, 0.15) is 12.4 Å². The van der Waals surface area contributed by atoms with Gasteiger partial charge in [-0.15, -0.1) is 12.4 Å². The zero-order chi connectivity index (χ0) is 20.5. The van der Waals surface area contributed by atoms with Gasteiger partial charge in [-0.2, -0.15) is 0 Å². The largest absolute Gasteiger partial charge is 0.489 e. The highest BCUT2D eigenvalue weighted by molar-refractivity contribution is 6.30. The van der Waals surface area contributed by atoms with Crippen molar-refractivity contribution in [3.05, 3.63) is 93.5 Å². The lowest BCUT2D eigenvalue weighted by Gasteiger charge is -2.10. The first-order chi connectivity index (χ1) is 14.7. The molecule has 2 aromatic carbocycles. The molecular formula is C24H23Cl2N3O2. The molecule has 0 amide bonds. The molecule has 0 unspecified atom stereocenters. The van der Waals surface area contributed by atoms with Crippen molar-refractivity contribution in [1.29, 1.82) is 0 Å². The summed E-state index contributed by atoms with van der Waals surface area (Å²) >= 11 is 5.91. The van der Waals surface area contributed by atoms with Gasteiger partial charge in [0, 0.05) is 65.6 Å². The number of halogens is 2. The second kappa shape index (κ2) is 9.18. The monoisotopic (exact) mass is 455 g/mol. The smallest absolute Gasteiger partial charge is 0.258 e. The molecule has 0 fully saturated rings. The Morgan fingerprint density at radius 2 is 1.84 bits per heavy atom. The molecule has 0 bridgehead atoms. The van der Waals surface area contributed by atoms with Gasteiger partial charge < -0.3 is 14.6 Å². The van der Waals surface area contributed by atoms with Crippen LogP contribution >= 0.6 is 24.0 Å². The van der Waals surface area contributed by atoms with Crippen LogP contribution in [0.3, 0.4) is 0 Å². The maximum atomic E-state index is 12.7. The lowest BCUT2D eigenvalue weighted by molar-refractivity contribution is 0.305. The number of rotatable bonds is 4. The van der Waals surface area contributed by atoms with Crippen LogP contribution in [0.2, 0.25) is 5.02 Å². The maximum absolute atomic E-state index is 12.7. The first-order valence-electron chi connectivity index (χ1n) is 10.1. The molecule has 0 aliphatic carbocycles. The van der Waals surface area contributed by atoms with Gasteiger partial charge in [-0.3, -0.25) is 9.36 Å². The summed E-state index contributed by atoms with van der Waals surface area (Å²) < 4.78 is 9.80. The molecule has 5 nitrogen and oxygen atoms in total. The summed E-state index contributed by atoms with van der Waals surface area (Å²) in [6.45, 7) is 3.34. The highest BCUT2D eigenvalue weighted by Gasteiger charge is 2.12. The van der Waals surface area contributed by atoms with E-state index in [4.69, 9.17) is 16.3 Å². The van der Waals surface area contributed by atoms with Gasteiger partial charge >= 0.3 is 0 Å². The fraction of sp³-hybridized carbons (Fsp3) is 0.208. The zero-order valence-corrected chi connectivity index (χ0v) is 18.5. The zero-order valence-electron chi connectivity index (χ0n) is 16.9. The SMILES string of the molecule is Cl.O=c1cc(OCc2ccc(Cl)cc2)ccn1-c1ccc2c(c1)cc1n2CCNCC1. The van der Waals surface area contributed by atoms with E-state index in [2.05, 4.69) is 28.1 Å². The molecule has 0 saturated carbocycles. The van der Waals surface area contributed by atoms with E-state index in [9.17, 15) is 4.79 Å². The number of nitrogens with one attached hydrogen (secondary N) is 1. The third kappa shape index (κ3) is 4.49. The highest BCUT2D eigenvalue weighted by Crippen LogP contribution is 2.24. The molecule has 0 spiro atoms. The molecule has 1 N–H and O–H groups in total. The van der Waals surface area contributed by atoms with Crippen LogP contribution in [0, 0.1) is 0 Å². The summed E-state index contributed by atoms with van der Waals surface area (Å²) in [7, 11) is 0. The van der Waals surface area contributed by atoms with Gasteiger partial charge in [-0.1, -0.05) is 23.7 Å². The molecule has 7 heteroatoms. The van der Waals surface area contributed by atoms with Crippen molar-refractivity contribution in [3.8, 4) is 11.4 Å². The van der Waals surface area contributed by atoms with Crippen molar-refractivity contribution in [1.82, 2.24) is 14.5 Å². The maximum Gasteiger partial charge on any atom is 0.258 e. The van der Waals surface area contributed by atoms with E-state index in [1.165, 1.54) is 22.7 Å². The van der Waals surface area contributed by atoms with E-state index >= 15 is 0 Å². The number of pyridine rings is 1. The molecule has 0 atom stereocenters. The number of nitrogens with zero attached hydrogens (tertiary/aromatic N) is 2. The van der Waals surface area contributed by atoms with Crippen molar-refractivity contribution in [2.45, 2.75) is 19.6 Å². The molecule has 31 heavy (non-hydrogen) atoms. The Hall–Kier alpha value is -2.73. The van der Waals surface area contributed by atoms with Crippen molar-refractivity contribution >= 4 is 34.9 Å². The first kappa shape index (κ1) is 21.5. The predicted octanol–water partition coefficient (Wildman–Crippen LogP) is 4.59. The molecule has 1 aliphatic heterocycles. The van der Waals surface area contributed by atoms with Crippen LogP contribution in [0.15, 0.2) is 71.7 Å². The van der Waals surface area contributed by atoms with Gasteiger partial charge in [0.25, 0.3) is 5.56 Å². The van der Waals surface area contributed by atoms with E-state index in [1.807, 2.05) is 36.4 Å². The highest BCUT2D eigenvalue weighted by atomic mass is 35.5. The summed E-state index contributed by atoms with van der Waals surface area (Å²) in [5.41, 5.74) is 4.29. The second-order valence-corrected chi connectivity index (χ2v) is 7.95. The fourth-order valence-electron chi connectivity index (χ4n) is 3.98. The number of hydrogen-bond donors (Lipinski definition) is 1. The molecule has 160 valence electrons.